The Kier molecular flexibility index (Phi) is 5.30. The van der Waals surface area contributed by atoms with E-state index in [1.54, 1.807) is 6.07 Å². The second-order valence-corrected chi connectivity index (χ2v) is 7.16. The van der Waals surface area contributed by atoms with E-state index in [4.69, 9.17) is 9.47 Å². The number of hydrogen-bond acceptors (Lipinski definition) is 5. The third-order valence-electron chi connectivity index (χ3n) is 4.99. The summed E-state index contributed by atoms with van der Waals surface area (Å²) in [4.78, 5) is 17.9. The zero-order valence-electron chi connectivity index (χ0n) is 16.5. The van der Waals surface area contributed by atoms with Gasteiger partial charge in [-0.2, -0.15) is 4.98 Å². The van der Waals surface area contributed by atoms with Crippen LogP contribution in [-0.2, 0) is 13.2 Å². The minimum absolute atomic E-state index is 0.0279. The third-order valence-corrected chi connectivity index (χ3v) is 4.99. The van der Waals surface area contributed by atoms with Gasteiger partial charge in [-0.1, -0.05) is 0 Å². The summed E-state index contributed by atoms with van der Waals surface area (Å²) in [5, 5.41) is 0. The maximum atomic E-state index is 14.4. The number of rotatable bonds is 5. The maximum absolute atomic E-state index is 14.4. The molecule has 0 saturated heterocycles. The van der Waals surface area contributed by atoms with Crippen LogP contribution >= 0.6 is 0 Å². The molecule has 0 aliphatic carbocycles. The van der Waals surface area contributed by atoms with Crippen molar-refractivity contribution < 1.29 is 27.0 Å². The first-order chi connectivity index (χ1) is 14.7. The minimum atomic E-state index is -1.21. The number of likely N-dealkylation sites (N-methyl/N-ethyl adjacent to an activating group) is 1. The van der Waals surface area contributed by atoms with Gasteiger partial charge in [0.15, 0.2) is 29.0 Å². The van der Waals surface area contributed by atoms with Crippen molar-refractivity contribution >= 4 is 5.82 Å². The van der Waals surface area contributed by atoms with E-state index in [0.29, 0.717) is 18.4 Å². The van der Waals surface area contributed by atoms with Crippen LogP contribution in [0.4, 0.5) is 23.4 Å². The molecule has 2 aromatic carbocycles. The fourth-order valence-corrected chi connectivity index (χ4v) is 3.23. The first kappa shape index (κ1) is 20.7. The summed E-state index contributed by atoms with van der Waals surface area (Å²) in [6.45, 7) is 2.21. The zero-order valence-corrected chi connectivity index (χ0v) is 16.5. The van der Waals surface area contributed by atoms with E-state index in [0.717, 1.165) is 24.3 Å². The highest BCUT2D eigenvalue weighted by Crippen LogP contribution is 2.30. The Balaban J connectivity index is 1.51. The van der Waals surface area contributed by atoms with Gasteiger partial charge in [0.1, 0.15) is 18.2 Å². The molecule has 1 aliphatic heterocycles. The van der Waals surface area contributed by atoms with Gasteiger partial charge >= 0.3 is 5.69 Å². The van der Waals surface area contributed by atoms with Gasteiger partial charge in [0.25, 0.3) is 0 Å². The number of fused-ring (bicyclic) bond motifs is 1. The van der Waals surface area contributed by atoms with Crippen LogP contribution in [0, 0.1) is 23.3 Å². The highest BCUT2D eigenvalue weighted by atomic mass is 19.2. The van der Waals surface area contributed by atoms with Crippen molar-refractivity contribution in [3.05, 3.63) is 75.7 Å². The average Bonchev–Trinajstić information content (AvgIpc) is 3.01. The molecular weight excluding hydrogens is 418 g/mol. The summed E-state index contributed by atoms with van der Waals surface area (Å²) in [7, 11) is 1.84. The molecule has 0 radical (unpaired) electrons. The molecule has 10 heteroatoms. The Morgan fingerprint density at radius 1 is 1.03 bits per heavy atom. The highest BCUT2D eigenvalue weighted by Gasteiger charge is 2.25. The number of halogens is 4. The van der Waals surface area contributed by atoms with Crippen molar-refractivity contribution in [3.8, 4) is 17.4 Å². The largest absolute Gasteiger partial charge is 0.473 e. The van der Waals surface area contributed by atoms with Crippen LogP contribution in [0.2, 0.25) is 0 Å². The number of ether oxygens (including phenoxy) is 2. The van der Waals surface area contributed by atoms with Crippen LogP contribution in [0.5, 0.6) is 17.4 Å². The molecule has 6 nitrogen and oxygen atoms in total. The molecule has 2 heterocycles. The van der Waals surface area contributed by atoms with Crippen LogP contribution in [-0.4, -0.2) is 22.6 Å². The predicted octanol–water partition coefficient (Wildman–Crippen LogP) is 4.01. The van der Waals surface area contributed by atoms with Crippen LogP contribution in [0.25, 0.3) is 0 Å². The van der Waals surface area contributed by atoms with Gasteiger partial charge in [0, 0.05) is 31.8 Å². The lowest BCUT2D eigenvalue weighted by molar-refractivity contribution is 0.289. The summed E-state index contributed by atoms with van der Waals surface area (Å²) in [6.07, 6.45) is 0. The standard InChI is InChI=1S/C21H17F4N3O3/c1-11-9-28-19(27(11)2)8-18(26-21(28)29)30-10-12-5-16(24)20(17(25)6-12)31-13-3-4-14(22)15(23)7-13/h3-8,11H,9-10H2,1-2H3. The quantitative estimate of drug-likeness (QED) is 0.567. The molecule has 0 fully saturated rings. The van der Waals surface area contributed by atoms with E-state index in [2.05, 4.69) is 4.98 Å². The SMILES string of the molecule is CC1Cn2c(cc(OCc3cc(F)c(Oc4ccc(F)c(F)c4)c(F)c3)nc2=O)N1C. The van der Waals surface area contributed by atoms with Crippen LogP contribution < -0.4 is 20.1 Å². The monoisotopic (exact) mass is 435 g/mol. The minimum Gasteiger partial charge on any atom is -0.473 e. The van der Waals surface area contributed by atoms with Crippen molar-refractivity contribution in [3.63, 3.8) is 0 Å². The van der Waals surface area contributed by atoms with Gasteiger partial charge in [0.05, 0.1) is 0 Å². The molecule has 0 saturated carbocycles. The Bertz CT molecular complexity index is 1190. The van der Waals surface area contributed by atoms with Gasteiger partial charge in [-0.05, 0) is 36.8 Å². The van der Waals surface area contributed by atoms with Gasteiger partial charge in [0.2, 0.25) is 5.88 Å². The van der Waals surface area contributed by atoms with E-state index in [9.17, 15) is 22.4 Å². The smallest absolute Gasteiger partial charge is 0.352 e. The molecule has 1 unspecified atom stereocenters. The van der Waals surface area contributed by atoms with Crippen molar-refractivity contribution in [2.75, 3.05) is 11.9 Å². The molecule has 1 aromatic heterocycles. The summed E-state index contributed by atoms with van der Waals surface area (Å²) >= 11 is 0. The lowest BCUT2D eigenvalue weighted by atomic mass is 10.2. The molecule has 0 bridgehead atoms. The zero-order chi connectivity index (χ0) is 22.3. The fraction of sp³-hybridized carbons (Fsp3) is 0.238. The second kappa shape index (κ2) is 7.93. The summed E-state index contributed by atoms with van der Waals surface area (Å²) in [5.41, 5.74) is -0.354. The summed E-state index contributed by atoms with van der Waals surface area (Å²) < 4.78 is 67.0. The fourth-order valence-electron chi connectivity index (χ4n) is 3.23. The third kappa shape index (κ3) is 4.05. The predicted molar refractivity (Wildman–Crippen MR) is 103 cm³/mol. The van der Waals surface area contributed by atoms with Crippen LogP contribution in [0.15, 0.2) is 41.2 Å². The first-order valence-electron chi connectivity index (χ1n) is 9.31. The number of nitrogens with zero attached hydrogens (tertiary/aromatic N) is 3. The molecule has 31 heavy (non-hydrogen) atoms. The van der Waals surface area contributed by atoms with Crippen LogP contribution in [0.3, 0.4) is 0 Å². The Morgan fingerprint density at radius 3 is 2.42 bits per heavy atom. The van der Waals surface area contributed by atoms with E-state index < -0.39 is 34.7 Å². The molecule has 1 atom stereocenters. The molecule has 3 aromatic rings. The van der Waals surface area contributed by atoms with E-state index in [1.165, 1.54) is 4.57 Å². The van der Waals surface area contributed by atoms with Gasteiger partial charge < -0.3 is 14.4 Å². The first-order valence-corrected chi connectivity index (χ1v) is 9.31. The molecular formula is C21H17F4N3O3. The molecule has 0 spiro atoms. The molecule has 0 N–H and O–H groups in total. The van der Waals surface area contributed by atoms with Crippen molar-refractivity contribution in [1.82, 2.24) is 9.55 Å². The average molecular weight is 435 g/mol. The molecule has 1 aliphatic rings. The van der Waals surface area contributed by atoms with Gasteiger partial charge in [-0.25, -0.2) is 22.4 Å². The topological polar surface area (TPSA) is 56.6 Å². The van der Waals surface area contributed by atoms with Gasteiger partial charge in [-0.3, -0.25) is 4.57 Å². The van der Waals surface area contributed by atoms with Gasteiger partial charge in [-0.15, -0.1) is 0 Å². The van der Waals surface area contributed by atoms with Crippen molar-refractivity contribution in [2.45, 2.75) is 26.1 Å². The summed E-state index contributed by atoms with van der Waals surface area (Å²) in [6, 6.07) is 6.17. The number of hydrogen-bond donors (Lipinski definition) is 0. The highest BCUT2D eigenvalue weighted by molar-refractivity contribution is 5.45. The van der Waals surface area contributed by atoms with Crippen LogP contribution in [0.1, 0.15) is 12.5 Å². The molecule has 162 valence electrons. The Labute approximate surface area is 174 Å². The van der Waals surface area contributed by atoms with Crippen molar-refractivity contribution in [1.29, 1.82) is 0 Å². The summed E-state index contributed by atoms with van der Waals surface area (Å²) in [5.74, 6) is -4.79. The number of anilines is 1. The molecule has 0 amide bonds. The Hall–Kier alpha value is -3.56. The van der Waals surface area contributed by atoms with E-state index in [-0.39, 0.29) is 29.8 Å². The Morgan fingerprint density at radius 2 is 1.74 bits per heavy atom. The lowest BCUT2D eigenvalue weighted by Gasteiger charge is -2.16. The number of aromatic nitrogens is 2. The number of benzene rings is 2. The van der Waals surface area contributed by atoms with E-state index in [1.807, 2.05) is 18.9 Å². The maximum Gasteiger partial charge on any atom is 0.352 e. The van der Waals surface area contributed by atoms with Crippen molar-refractivity contribution in [2.24, 2.45) is 0 Å². The van der Waals surface area contributed by atoms with E-state index >= 15 is 0 Å². The lowest BCUT2D eigenvalue weighted by Crippen LogP contribution is -2.23. The normalized spacial score (nSPS) is 15.2. The second-order valence-electron chi connectivity index (χ2n) is 7.16. The molecule has 4 rings (SSSR count).